The molecule has 0 unspecified atom stereocenters. The Bertz CT molecular complexity index is 919. The van der Waals surface area contributed by atoms with E-state index < -0.39 is 15.7 Å². The molecule has 126 valence electrons. The van der Waals surface area contributed by atoms with Gasteiger partial charge in [-0.1, -0.05) is 29.8 Å². The molecule has 5 nitrogen and oxygen atoms in total. The highest BCUT2D eigenvalue weighted by Crippen LogP contribution is 2.33. The van der Waals surface area contributed by atoms with Crippen molar-refractivity contribution in [2.45, 2.75) is 25.3 Å². The lowest BCUT2D eigenvalue weighted by Crippen LogP contribution is -2.32. The maximum Gasteiger partial charge on any atom is 0.213 e. The average Bonchev–Trinajstić information content (AvgIpc) is 2.44. The van der Waals surface area contributed by atoms with Crippen LogP contribution in [0.25, 0.3) is 0 Å². The number of aliphatic imine (C=N–C) groups is 1. The topological polar surface area (TPSA) is 81.8 Å². The van der Waals surface area contributed by atoms with Gasteiger partial charge in [-0.05, 0) is 43.7 Å². The van der Waals surface area contributed by atoms with Crippen molar-refractivity contribution in [3.63, 3.8) is 0 Å². The molecule has 1 aliphatic heterocycles. The quantitative estimate of drug-likeness (QED) is 0.908. The van der Waals surface area contributed by atoms with E-state index in [1.165, 1.54) is 0 Å². The van der Waals surface area contributed by atoms with Crippen molar-refractivity contribution in [1.82, 2.24) is 0 Å². The molecule has 0 saturated carbocycles. The average molecular weight is 365 g/mol. The first kappa shape index (κ1) is 17.0. The molecule has 0 spiro atoms. The van der Waals surface area contributed by atoms with Crippen LogP contribution in [0.15, 0.2) is 47.5 Å². The van der Waals surface area contributed by atoms with Crippen LogP contribution in [0.3, 0.4) is 0 Å². The maximum atomic E-state index is 11.3. The van der Waals surface area contributed by atoms with Crippen molar-refractivity contribution in [1.29, 1.82) is 0 Å². The molecule has 0 saturated heterocycles. The van der Waals surface area contributed by atoms with Crippen LogP contribution in [-0.4, -0.2) is 19.9 Å². The fourth-order valence-electron chi connectivity index (χ4n) is 2.62. The number of hydrogen-bond acceptors (Lipinski definition) is 4. The molecular weight excluding hydrogens is 348 g/mol. The van der Waals surface area contributed by atoms with Crippen molar-refractivity contribution in [2.24, 2.45) is 10.1 Å². The van der Waals surface area contributed by atoms with Gasteiger partial charge in [0, 0.05) is 16.1 Å². The summed E-state index contributed by atoms with van der Waals surface area (Å²) in [5.74, 6) is 0.346. The molecule has 0 radical (unpaired) electrons. The predicted molar refractivity (Wildman–Crippen MR) is 95.1 cm³/mol. The molecule has 0 aromatic heterocycles. The van der Waals surface area contributed by atoms with E-state index in [1.54, 1.807) is 30.3 Å². The number of ether oxygens (including phenoxy) is 1. The Balaban J connectivity index is 2.09. The van der Waals surface area contributed by atoms with Crippen LogP contribution in [0.4, 0.5) is 0 Å². The number of benzene rings is 2. The molecule has 0 fully saturated rings. The van der Waals surface area contributed by atoms with Crippen LogP contribution >= 0.6 is 11.6 Å². The van der Waals surface area contributed by atoms with E-state index in [0.717, 1.165) is 16.8 Å². The molecule has 24 heavy (non-hydrogen) atoms. The van der Waals surface area contributed by atoms with E-state index in [0.29, 0.717) is 16.3 Å². The fraction of sp³-hybridized carbons (Fsp3) is 0.235. The number of nitrogens with zero attached hydrogens (tertiary/aromatic N) is 1. The first-order valence-corrected chi connectivity index (χ1v) is 9.41. The summed E-state index contributed by atoms with van der Waals surface area (Å²) in [6.07, 6.45) is 0. The van der Waals surface area contributed by atoms with Crippen LogP contribution in [0.1, 0.15) is 30.5 Å². The number of hydrogen-bond donors (Lipinski definition) is 1. The van der Waals surface area contributed by atoms with Crippen molar-refractivity contribution < 1.29 is 13.2 Å². The Labute approximate surface area is 146 Å². The lowest BCUT2D eigenvalue weighted by atomic mass is 9.98. The summed E-state index contributed by atoms with van der Waals surface area (Å²) in [5, 5.41) is 5.77. The zero-order valence-corrected chi connectivity index (χ0v) is 14.9. The van der Waals surface area contributed by atoms with Gasteiger partial charge >= 0.3 is 0 Å². The molecule has 0 amide bonds. The van der Waals surface area contributed by atoms with Crippen LogP contribution in [0.2, 0.25) is 5.02 Å². The Morgan fingerprint density at radius 1 is 1.17 bits per heavy atom. The summed E-state index contributed by atoms with van der Waals surface area (Å²) < 4.78 is 28.5. The number of fused-ring (bicyclic) bond motifs is 1. The third-order valence-corrected chi connectivity index (χ3v) is 4.52. The number of primary sulfonamides is 1. The van der Waals surface area contributed by atoms with Gasteiger partial charge in [0.15, 0.2) is 5.72 Å². The zero-order valence-electron chi connectivity index (χ0n) is 13.3. The highest BCUT2D eigenvalue weighted by Gasteiger charge is 2.29. The maximum absolute atomic E-state index is 11.3. The molecule has 1 heterocycles. The minimum Gasteiger partial charge on any atom is -0.466 e. The summed E-state index contributed by atoms with van der Waals surface area (Å²) in [5.41, 5.74) is 2.30. The fourth-order valence-corrected chi connectivity index (χ4v) is 3.39. The first-order valence-electron chi connectivity index (χ1n) is 7.32. The van der Waals surface area contributed by atoms with Crippen molar-refractivity contribution >= 4 is 27.3 Å². The van der Waals surface area contributed by atoms with Crippen molar-refractivity contribution in [3.8, 4) is 5.75 Å². The lowest BCUT2D eigenvalue weighted by Gasteiger charge is -2.30. The zero-order chi connectivity index (χ0) is 17.5. The molecule has 0 atom stereocenters. The summed E-state index contributed by atoms with van der Waals surface area (Å²) in [4.78, 5) is 4.67. The summed E-state index contributed by atoms with van der Waals surface area (Å²) in [6.45, 7) is 3.69. The lowest BCUT2D eigenvalue weighted by molar-refractivity contribution is 0.115. The van der Waals surface area contributed by atoms with Crippen LogP contribution < -0.4 is 9.88 Å². The highest BCUT2D eigenvalue weighted by molar-refractivity contribution is 7.88. The van der Waals surface area contributed by atoms with Crippen LogP contribution in [0.5, 0.6) is 5.75 Å². The largest absolute Gasteiger partial charge is 0.466 e. The van der Waals surface area contributed by atoms with E-state index >= 15 is 0 Å². The van der Waals surface area contributed by atoms with Crippen LogP contribution in [-0.2, 0) is 15.8 Å². The smallest absolute Gasteiger partial charge is 0.213 e. The Morgan fingerprint density at radius 2 is 1.83 bits per heavy atom. The third kappa shape index (κ3) is 3.77. The van der Waals surface area contributed by atoms with Crippen LogP contribution in [0, 0.1) is 0 Å². The van der Waals surface area contributed by atoms with E-state index in [1.807, 2.05) is 26.0 Å². The van der Waals surface area contributed by atoms with E-state index in [9.17, 15) is 8.42 Å². The van der Waals surface area contributed by atoms with Crippen molar-refractivity contribution in [2.75, 3.05) is 0 Å². The second-order valence-corrected chi connectivity index (χ2v) is 8.20. The summed E-state index contributed by atoms with van der Waals surface area (Å²) in [7, 11) is -3.60. The van der Waals surface area contributed by atoms with Gasteiger partial charge in [-0.2, -0.15) is 0 Å². The van der Waals surface area contributed by atoms with Gasteiger partial charge in [0.25, 0.3) is 0 Å². The van der Waals surface area contributed by atoms with Gasteiger partial charge in [-0.15, -0.1) is 0 Å². The number of rotatable bonds is 3. The molecular formula is C17H17ClN2O3S. The Kier molecular flexibility index (Phi) is 4.15. The summed E-state index contributed by atoms with van der Waals surface area (Å²) >= 11 is 5.96. The number of halogens is 1. The van der Waals surface area contributed by atoms with E-state index in [-0.39, 0.29) is 5.75 Å². The third-order valence-electron chi connectivity index (χ3n) is 3.53. The molecule has 1 aliphatic rings. The molecule has 2 N–H and O–H groups in total. The van der Waals surface area contributed by atoms with Crippen molar-refractivity contribution in [3.05, 3.63) is 64.2 Å². The minimum atomic E-state index is -3.60. The SMILES string of the molecule is CC1(C)N=C(c2ccc(Cl)cc2)c2ccc(CS(N)(=O)=O)cc2O1. The number of sulfonamides is 1. The summed E-state index contributed by atoms with van der Waals surface area (Å²) in [6, 6.07) is 12.6. The normalized spacial score (nSPS) is 16.1. The highest BCUT2D eigenvalue weighted by atomic mass is 35.5. The second-order valence-electron chi connectivity index (χ2n) is 6.15. The van der Waals surface area contributed by atoms with Gasteiger partial charge in [0.1, 0.15) is 5.75 Å². The molecule has 0 aliphatic carbocycles. The van der Waals surface area contributed by atoms with Gasteiger partial charge in [0.05, 0.1) is 11.5 Å². The molecule has 2 aromatic rings. The van der Waals surface area contributed by atoms with E-state index in [4.69, 9.17) is 21.5 Å². The van der Waals surface area contributed by atoms with Gasteiger partial charge < -0.3 is 4.74 Å². The predicted octanol–water partition coefficient (Wildman–Crippen LogP) is 3.09. The molecule has 0 bridgehead atoms. The minimum absolute atomic E-state index is 0.239. The molecule has 2 aromatic carbocycles. The van der Waals surface area contributed by atoms with Gasteiger partial charge in [-0.3, -0.25) is 0 Å². The molecule has 7 heteroatoms. The standard InChI is InChI=1S/C17H17ClN2O3S/c1-17(2)20-16(12-4-6-13(18)7-5-12)14-8-3-11(9-15(14)23-17)10-24(19,21)22/h3-9H,10H2,1-2H3,(H2,19,21,22). The van der Waals surface area contributed by atoms with Gasteiger partial charge in [-0.25, -0.2) is 18.5 Å². The Hall–Kier alpha value is -1.89. The van der Waals surface area contributed by atoms with Gasteiger partial charge in [0.2, 0.25) is 10.0 Å². The second kappa shape index (κ2) is 5.88. The first-order chi connectivity index (χ1) is 11.1. The monoisotopic (exact) mass is 364 g/mol. The Morgan fingerprint density at radius 3 is 2.46 bits per heavy atom. The van der Waals surface area contributed by atoms with E-state index in [2.05, 4.69) is 4.99 Å². The number of nitrogens with two attached hydrogens (primary N) is 1. The molecule has 3 rings (SSSR count).